The van der Waals surface area contributed by atoms with E-state index in [1.165, 1.54) is 26.4 Å². The fourth-order valence-electron chi connectivity index (χ4n) is 8.83. The van der Waals surface area contributed by atoms with Crippen molar-refractivity contribution in [1.82, 2.24) is 19.9 Å². The summed E-state index contributed by atoms with van der Waals surface area (Å²) >= 11 is 3.46. The highest BCUT2D eigenvalue weighted by Crippen LogP contribution is 2.38. The van der Waals surface area contributed by atoms with Crippen LogP contribution in [0.4, 0.5) is 34.9 Å². The normalized spacial score (nSPS) is 12.9. The molecule has 16 nitrogen and oxygen atoms in total. The topological polar surface area (TPSA) is 260 Å². The summed E-state index contributed by atoms with van der Waals surface area (Å²) in [4.78, 5) is 18.0. The van der Waals surface area contributed by atoms with Gasteiger partial charge in [0.05, 0.1) is 59.7 Å². The monoisotopic (exact) mass is 1130 g/mol. The minimum atomic E-state index is -0.344. The number of nitrogen functional groups attached to an aromatic ring is 2. The average molecular weight is 1140 g/mol. The number of methoxy groups -OCH3 is 2. The molecule has 19 heteroatoms. The van der Waals surface area contributed by atoms with Crippen LogP contribution in [0.2, 0.25) is 0 Å². The lowest BCUT2D eigenvalue weighted by Gasteiger charge is -2.32. The molecule has 0 bridgehead atoms. The van der Waals surface area contributed by atoms with Gasteiger partial charge in [-0.3, -0.25) is 0 Å². The average Bonchev–Trinajstić information content (AvgIpc) is 3.67. The van der Waals surface area contributed by atoms with Crippen molar-refractivity contribution in [3.63, 3.8) is 0 Å². The second kappa shape index (κ2) is 25.4. The highest BCUT2D eigenvalue weighted by atomic mass is 79.9. The van der Waals surface area contributed by atoms with E-state index in [1.807, 2.05) is 80.6 Å². The van der Waals surface area contributed by atoms with Crippen LogP contribution in [-0.2, 0) is 9.31 Å². The van der Waals surface area contributed by atoms with Gasteiger partial charge in [0.15, 0.2) is 0 Å². The third kappa shape index (κ3) is 13.4. The van der Waals surface area contributed by atoms with Crippen LogP contribution >= 0.6 is 28.3 Å². The summed E-state index contributed by atoms with van der Waals surface area (Å²) in [6, 6.07) is 38.2. The maximum Gasteiger partial charge on any atom is 0.495 e. The number of nitrogens with two attached hydrogens (primary N) is 2. The molecule has 398 valence electrons. The number of rotatable bonds is 10. The van der Waals surface area contributed by atoms with Crippen molar-refractivity contribution < 1.29 is 18.8 Å². The molecule has 6 N–H and O–H groups in total. The van der Waals surface area contributed by atoms with Gasteiger partial charge in [-0.1, -0.05) is 53.6 Å². The minimum absolute atomic E-state index is 0. The maximum atomic E-state index is 9.22. The number of para-hydroxylation sites is 2. The summed E-state index contributed by atoms with van der Waals surface area (Å²) in [6.07, 6.45) is 6.56. The largest absolute Gasteiger partial charge is 0.495 e. The standard InChI is InChI=1S/C27H22N6O.C17H22BNO2.C16H12BrN5O.ClH/c1-16-12-18(6-5-11-28)13-17(2)24(16)21-7-4-8-22-25(21)32-27(33-26(22)30)31-20-10-9-19(15-29)23(14-20)34-3;1-12-10-14(8-7-9-19)11-13(2)15(12)18-20-16(3,4)17(5,6)21-18;1-23-13-7-10(6-5-9(13)8-18)20-16-21-14-11(15(19)22-16)3-2-4-12(14)17;/h4-10,12-14H,1-3H3,(H3,30,31,32,33);7-8,10-11H,1-6H3;2-7H,1H3,(H3,19,20,21,22);1H/b6-5+;8-7+;;. The zero-order valence-corrected chi connectivity index (χ0v) is 47.7. The van der Waals surface area contributed by atoms with Crippen LogP contribution < -0.4 is 37.0 Å². The van der Waals surface area contributed by atoms with Crippen molar-refractivity contribution in [3.05, 3.63) is 158 Å². The Morgan fingerprint density at radius 2 is 1.03 bits per heavy atom. The predicted molar refractivity (Wildman–Crippen MR) is 321 cm³/mol. The first-order valence-corrected chi connectivity index (χ1v) is 25.2. The molecule has 1 aliphatic heterocycles. The van der Waals surface area contributed by atoms with E-state index in [4.69, 9.17) is 51.0 Å². The third-order valence-corrected chi connectivity index (χ3v) is 13.9. The molecule has 0 unspecified atom stereocenters. The van der Waals surface area contributed by atoms with Gasteiger partial charge >= 0.3 is 7.12 Å². The SMILES string of the molecule is COc1cc(Nc2nc(N)c3cccc(-c4c(C)cc(/C=C/C#N)cc4C)c3n2)ccc1C#N.COc1cc(Nc2nc(N)c3cccc(Br)c3n2)ccc1C#N.Cc1cc(/C=C/C#N)cc(C)c1B1OC(C)(C)C(C)(C)O1.Cl. The zero-order valence-electron chi connectivity index (χ0n) is 45.3. The molecule has 3 heterocycles. The lowest BCUT2D eigenvalue weighted by atomic mass is 9.73. The van der Waals surface area contributed by atoms with Gasteiger partial charge in [0.2, 0.25) is 11.9 Å². The Balaban J connectivity index is 0.000000198. The van der Waals surface area contributed by atoms with Crippen molar-refractivity contribution in [2.75, 3.05) is 36.3 Å². The lowest BCUT2D eigenvalue weighted by Crippen LogP contribution is -2.41. The van der Waals surface area contributed by atoms with Crippen LogP contribution in [0.15, 0.2) is 114 Å². The van der Waals surface area contributed by atoms with E-state index in [1.54, 1.807) is 42.5 Å². The number of benzene rings is 6. The molecule has 1 saturated heterocycles. The van der Waals surface area contributed by atoms with Gasteiger partial charge < -0.3 is 40.9 Å². The number of nitriles is 4. The number of aromatic nitrogens is 4. The fourth-order valence-corrected chi connectivity index (χ4v) is 9.29. The smallest absolute Gasteiger partial charge is 0.495 e. The van der Waals surface area contributed by atoms with Gasteiger partial charge in [-0.2, -0.15) is 31.0 Å². The van der Waals surface area contributed by atoms with Gasteiger partial charge in [0.25, 0.3) is 0 Å². The number of hydrogen-bond donors (Lipinski definition) is 4. The summed E-state index contributed by atoms with van der Waals surface area (Å²) in [6.45, 7) is 16.4. The van der Waals surface area contributed by atoms with Crippen LogP contribution in [0.5, 0.6) is 11.5 Å². The van der Waals surface area contributed by atoms with Crippen molar-refractivity contribution in [2.45, 2.75) is 66.6 Å². The van der Waals surface area contributed by atoms with E-state index in [9.17, 15) is 5.26 Å². The number of hydrogen-bond acceptors (Lipinski definition) is 16. The van der Waals surface area contributed by atoms with Gasteiger partial charge in [-0.05, 0) is 159 Å². The molecule has 0 atom stereocenters. The van der Waals surface area contributed by atoms with Gasteiger partial charge in [0, 0.05) is 56.5 Å². The van der Waals surface area contributed by atoms with Crippen LogP contribution in [0.25, 0.3) is 45.1 Å². The van der Waals surface area contributed by atoms with Crippen LogP contribution in [0, 0.1) is 73.0 Å². The lowest BCUT2D eigenvalue weighted by molar-refractivity contribution is 0.00578. The molecule has 2 aromatic heterocycles. The third-order valence-electron chi connectivity index (χ3n) is 13.2. The summed E-state index contributed by atoms with van der Waals surface area (Å²) in [7, 11) is 2.69. The van der Waals surface area contributed by atoms with E-state index in [2.05, 4.69) is 107 Å². The second-order valence-electron chi connectivity index (χ2n) is 19.1. The molecule has 0 amide bonds. The number of ether oxygens (including phenoxy) is 2. The first kappa shape index (κ1) is 59.2. The number of allylic oxidation sites excluding steroid dienone is 2. The molecule has 0 radical (unpaired) electrons. The van der Waals surface area contributed by atoms with E-state index in [-0.39, 0.29) is 30.7 Å². The first-order chi connectivity index (χ1) is 37.2. The Morgan fingerprint density at radius 1 is 0.595 bits per heavy atom. The van der Waals surface area contributed by atoms with Crippen LogP contribution in [0.3, 0.4) is 0 Å². The molecule has 0 saturated carbocycles. The Bertz CT molecular complexity index is 3800. The van der Waals surface area contributed by atoms with Gasteiger partial charge in [0.1, 0.15) is 35.3 Å². The van der Waals surface area contributed by atoms with Crippen molar-refractivity contribution in [3.8, 4) is 46.9 Å². The highest BCUT2D eigenvalue weighted by Gasteiger charge is 2.52. The Hall–Kier alpha value is -9.01. The van der Waals surface area contributed by atoms with Crippen LogP contribution in [-0.4, -0.2) is 52.5 Å². The summed E-state index contributed by atoms with van der Waals surface area (Å²) in [5, 5.41) is 43.5. The van der Waals surface area contributed by atoms with Gasteiger partial charge in [-0.15, -0.1) is 12.4 Å². The molecule has 79 heavy (non-hydrogen) atoms. The summed E-state index contributed by atoms with van der Waals surface area (Å²) in [5.74, 6) is 2.39. The molecule has 0 spiro atoms. The number of anilines is 6. The predicted octanol–water partition coefficient (Wildman–Crippen LogP) is 12.8. The fraction of sp³-hybridized carbons (Fsp3) is 0.200. The Labute approximate surface area is 475 Å². The van der Waals surface area contributed by atoms with Gasteiger partial charge in [-0.25, -0.2) is 9.97 Å². The first-order valence-electron chi connectivity index (χ1n) is 24.4. The minimum Gasteiger partial charge on any atom is -0.495 e. The Morgan fingerprint density at radius 3 is 1.47 bits per heavy atom. The van der Waals surface area contributed by atoms with E-state index in [0.29, 0.717) is 57.5 Å². The van der Waals surface area contributed by atoms with E-state index >= 15 is 0 Å². The molecular formula is C60H57BBrClN12O4. The van der Waals surface area contributed by atoms with Crippen molar-refractivity contribution >= 4 is 110 Å². The quantitative estimate of drug-likeness (QED) is 0.0733. The number of halogens is 2. The molecule has 6 aromatic carbocycles. The molecule has 8 aromatic rings. The van der Waals surface area contributed by atoms with Crippen molar-refractivity contribution in [1.29, 1.82) is 21.0 Å². The number of fused-ring (bicyclic) bond motifs is 2. The number of nitrogens with zero attached hydrogens (tertiary/aromatic N) is 8. The van der Waals surface area contributed by atoms with Crippen LogP contribution in [0.1, 0.15) is 72.2 Å². The highest BCUT2D eigenvalue weighted by molar-refractivity contribution is 9.10. The number of nitrogens with one attached hydrogen (secondary N) is 2. The van der Waals surface area contributed by atoms with E-state index < -0.39 is 0 Å². The molecule has 1 aliphatic rings. The Kier molecular flexibility index (Phi) is 19.1. The molecule has 9 rings (SSSR count). The van der Waals surface area contributed by atoms with Crippen molar-refractivity contribution in [2.24, 2.45) is 0 Å². The molecule has 0 aliphatic carbocycles. The number of aryl methyl sites for hydroxylation is 4. The summed E-state index contributed by atoms with van der Waals surface area (Å²) in [5.41, 5.74) is 24.8. The molecular weight excluding hydrogens is 1080 g/mol. The zero-order chi connectivity index (χ0) is 56.5. The maximum absolute atomic E-state index is 9.22. The van der Waals surface area contributed by atoms with E-state index in [0.717, 1.165) is 76.2 Å². The second-order valence-corrected chi connectivity index (χ2v) is 20.0. The summed E-state index contributed by atoms with van der Waals surface area (Å²) < 4.78 is 23.6. The molecule has 1 fully saturated rings.